The molecule has 0 unspecified atom stereocenters. The van der Waals surface area contributed by atoms with E-state index in [1.165, 1.54) is 6.92 Å². The molecule has 1 amide bonds. The summed E-state index contributed by atoms with van der Waals surface area (Å²) in [6, 6.07) is 4.73. The molecule has 0 fully saturated rings. The summed E-state index contributed by atoms with van der Waals surface area (Å²) in [4.78, 5) is 11.0. The van der Waals surface area contributed by atoms with Gasteiger partial charge < -0.3 is 11.1 Å². The van der Waals surface area contributed by atoms with Crippen molar-refractivity contribution < 1.29 is 22.4 Å². The maximum absolute atomic E-state index is 14.0. The molecule has 124 valence electrons. The summed E-state index contributed by atoms with van der Waals surface area (Å²) < 4.78 is 50.9. The molecule has 0 saturated carbocycles. The van der Waals surface area contributed by atoms with Gasteiger partial charge in [-0.3, -0.25) is 9.89 Å². The molecule has 0 bridgehead atoms. The quantitative estimate of drug-likeness (QED) is 0.753. The van der Waals surface area contributed by atoms with Gasteiger partial charge in [-0.05, 0) is 31.2 Å². The smallest absolute Gasteiger partial charge is 0.321 e. The molecule has 0 radical (unpaired) electrons. The fraction of sp³-hybridized carbons (Fsp3) is 0.286. The number of carbonyl (C=O) groups is 1. The van der Waals surface area contributed by atoms with Crippen molar-refractivity contribution in [2.45, 2.75) is 25.1 Å². The highest BCUT2D eigenvalue weighted by Crippen LogP contribution is 2.28. The van der Waals surface area contributed by atoms with Crippen LogP contribution in [0.2, 0.25) is 0 Å². The third-order valence-electron chi connectivity index (χ3n) is 3.20. The number of rotatable bonds is 4. The largest absolute Gasteiger partial charge is 0.471 e. The van der Waals surface area contributed by atoms with Crippen LogP contribution in [0.3, 0.4) is 0 Å². The number of H-pyrrole nitrogens is 1. The van der Waals surface area contributed by atoms with Crippen LogP contribution in [0.15, 0.2) is 30.5 Å². The average molecular weight is 330 g/mol. The molecule has 1 aromatic heterocycles. The Bertz CT molecular complexity index is 695. The first-order chi connectivity index (χ1) is 10.6. The molecular formula is C14H14F4N4O. The Morgan fingerprint density at radius 3 is 2.61 bits per heavy atom. The number of carbonyl (C=O) groups excluding carboxylic acids is 1. The van der Waals surface area contributed by atoms with E-state index in [0.717, 1.165) is 18.2 Å². The summed E-state index contributed by atoms with van der Waals surface area (Å²) >= 11 is 0. The highest BCUT2D eigenvalue weighted by atomic mass is 19.4. The van der Waals surface area contributed by atoms with E-state index >= 15 is 0 Å². The zero-order valence-corrected chi connectivity index (χ0v) is 12.0. The second-order valence-electron chi connectivity index (χ2n) is 5.31. The van der Waals surface area contributed by atoms with Crippen LogP contribution in [-0.4, -0.2) is 22.3 Å². The van der Waals surface area contributed by atoms with E-state index in [1.54, 1.807) is 17.6 Å². The molecule has 1 atom stereocenters. The lowest BCUT2D eigenvalue weighted by molar-refractivity contribution is -0.167. The normalized spacial score (nSPS) is 14.3. The van der Waals surface area contributed by atoms with Crippen LogP contribution < -0.4 is 11.1 Å². The maximum atomic E-state index is 14.0. The van der Waals surface area contributed by atoms with E-state index in [0.29, 0.717) is 5.69 Å². The summed E-state index contributed by atoms with van der Waals surface area (Å²) in [5, 5.41) is 8.18. The molecule has 0 aliphatic carbocycles. The van der Waals surface area contributed by atoms with Gasteiger partial charge >= 0.3 is 12.1 Å². The van der Waals surface area contributed by atoms with Crippen molar-refractivity contribution in [3.8, 4) is 0 Å². The van der Waals surface area contributed by atoms with E-state index in [4.69, 9.17) is 5.73 Å². The molecule has 23 heavy (non-hydrogen) atoms. The van der Waals surface area contributed by atoms with Gasteiger partial charge in [-0.2, -0.15) is 18.3 Å². The van der Waals surface area contributed by atoms with Crippen molar-refractivity contribution in [1.82, 2.24) is 10.2 Å². The second kappa shape index (κ2) is 5.99. The molecule has 9 heteroatoms. The van der Waals surface area contributed by atoms with E-state index in [9.17, 15) is 22.4 Å². The Morgan fingerprint density at radius 2 is 2.04 bits per heavy atom. The maximum Gasteiger partial charge on any atom is 0.471 e. The summed E-state index contributed by atoms with van der Waals surface area (Å²) in [6.45, 7) is 1.52. The lowest BCUT2D eigenvalue weighted by Crippen LogP contribution is -2.37. The zero-order chi connectivity index (χ0) is 17.3. The number of aromatic nitrogens is 2. The molecule has 0 saturated heterocycles. The van der Waals surface area contributed by atoms with Crippen LogP contribution in [-0.2, 0) is 16.8 Å². The van der Waals surface area contributed by atoms with Crippen molar-refractivity contribution in [2.24, 2.45) is 5.73 Å². The van der Waals surface area contributed by atoms with E-state index in [-0.39, 0.29) is 17.7 Å². The van der Waals surface area contributed by atoms with Crippen LogP contribution in [0.25, 0.3) is 0 Å². The van der Waals surface area contributed by atoms with Crippen molar-refractivity contribution in [2.75, 3.05) is 5.32 Å². The van der Waals surface area contributed by atoms with E-state index < -0.39 is 23.4 Å². The van der Waals surface area contributed by atoms with Crippen molar-refractivity contribution in [3.63, 3.8) is 0 Å². The number of amides is 1. The number of hydrogen-bond acceptors (Lipinski definition) is 3. The van der Waals surface area contributed by atoms with Gasteiger partial charge in [0.1, 0.15) is 5.82 Å². The number of benzene rings is 1. The number of nitrogens with zero attached hydrogens (tertiary/aromatic N) is 1. The number of nitrogens with one attached hydrogen (secondary N) is 2. The minimum atomic E-state index is -5.03. The standard InChI is InChI=1S/C14H14F4N4O/c1-13(19,7-9-4-5-20-22-9)10-6-8(2-3-11(10)15)21-12(23)14(16,17)18/h2-6H,7,19H2,1H3,(H,20,22)(H,21,23)/t13-/m0/s1. The zero-order valence-electron chi connectivity index (χ0n) is 12.0. The van der Waals surface area contributed by atoms with E-state index in [1.807, 2.05) is 0 Å². The molecular weight excluding hydrogens is 316 g/mol. The first kappa shape index (κ1) is 16.9. The van der Waals surface area contributed by atoms with Crippen LogP contribution in [0.4, 0.5) is 23.2 Å². The number of alkyl halides is 3. The van der Waals surface area contributed by atoms with Gasteiger partial charge in [0.25, 0.3) is 0 Å². The highest BCUT2D eigenvalue weighted by Gasteiger charge is 2.39. The fourth-order valence-corrected chi connectivity index (χ4v) is 2.10. The minimum Gasteiger partial charge on any atom is -0.321 e. The predicted molar refractivity (Wildman–Crippen MR) is 74.9 cm³/mol. The number of hydrogen-bond donors (Lipinski definition) is 3. The molecule has 2 aromatic rings. The second-order valence-corrected chi connectivity index (χ2v) is 5.31. The summed E-state index contributed by atoms with van der Waals surface area (Å²) in [6.07, 6.45) is -3.30. The van der Waals surface area contributed by atoms with Crippen LogP contribution >= 0.6 is 0 Å². The summed E-state index contributed by atoms with van der Waals surface area (Å²) in [7, 11) is 0. The Labute approximate surface area is 128 Å². The monoisotopic (exact) mass is 330 g/mol. The fourth-order valence-electron chi connectivity index (χ4n) is 2.10. The first-order valence-corrected chi connectivity index (χ1v) is 6.55. The van der Waals surface area contributed by atoms with Gasteiger partial charge in [0, 0.05) is 29.4 Å². The Morgan fingerprint density at radius 1 is 1.35 bits per heavy atom. The molecule has 0 spiro atoms. The number of aromatic amines is 1. The third-order valence-corrected chi connectivity index (χ3v) is 3.20. The lowest BCUT2D eigenvalue weighted by atomic mass is 9.87. The summed E-state index contributed by atoms with van der Waals surface area (Å²) in [5.74, 6) is -2.82. The van der Waals surface area contributed by atoms with Crippen LogP contribution in [0, 0.1) is 5.82 Å². The predicted octanol–water partition coefficient (Wildman–Crippen LogP) is 2.47. The average Bonchev–Trinajstić information content (AvgIpc) is 2.91. The van der Waals surface area contributed by atoms with Gasteiger partial charge in [-0.25, -0.2) is 4.39 Å². The number of anilines is 1. The molecule has 5 nitrogen and oxygen atoms in total. The topological polar surface area (TPSA) is 83.8 Å². The number of nitrogens with two attached hydrogens (primary N) is 1. The van der Waals surface area contributed by atoms with Gasteiger partial charge in [-0.1, -0.05) is 0 Å². The molecule has 2 rings (SSSR count). The minimum absolute atomic E-state index is 0.0273. The van der Waals surface area contributed by atoms with Gasteiger partial charge in [-0.15, -0.1) is 0 Å². The van der Waals surface area contributed by atoms with Gasteiger partial charge in [0.15, 0.2) is 0 Å². The third kappa shape index (κ3) is 4.07. The summed E-state index contributed by atoms with van der Waals surface area (Å²) in [5.41, 5.74) is 5.21. The van der Waals surface area contributed by atoms with Crippen molar-refractivity contribution in [3.05, 3.63) is 47.5 Å². The number of halogens is 4. The molecule has 1 aromatic carbocycles. The SMILES string of the molecule is C[C@](N)(Cc1cc[nH]n1)c1cc(NC(=O)C(F)(F)F)ccc1F. The molecule has 0 aliphatic heterocycles. The van der Waals surface area contributed by atoms with E-state index in [2.05, 4.69) is 10.2 Å². The van der Waals surface area contributed by atoms with Gasteiger partial charge in [0.05, 0.1) is 5.69 Å². The Hall–Kier alpha value is -2.42. The first-order valence-electron chi connectivity index (χ1n) is 6.55. The van der Waals surface area contributed by atoms with Crippen LogP contribution in [0.5, 0.6) is 0 Å². The van der Waals surface area contributed by atoms with Crippen LogP contribution in [0.1, 0.15) is 18.2 Å². The highest BCUT2D eigenvalue weighted by molar-refractivity contribution is 5.94. The van der Waals surface area contributed by atoms with Gasteiger partial charge in [0.2, 0.25) is 0 Å². The Kier molecular flexibility index (Phi) is 4.42. The molecule has 1 heterocycles. The van der Waals surface area contributed by atoms with Crippen molar-refractivity contribution >= 4 is 11.6 Å². The van der Waals surface area contributed by atoms with Crippen molar-refractivity contribution in [1.29, 1.82) is 0 Å². The molecule has 0 aliphatic rings. The molecule has 4 N–H and O–H groups in total. The lowest BCUT2D eigenvalue weighted by Gasteiger charge is -2.25. The Balaban J connectivity index is 2.28.